The van der Waals surface area contributed by atoms with Gasteiger partial charge < -0.3 is 23.0 Å². The van der Waals surface area contributed by atoms with Crippen molar-refractivity contribution in [2.75, 3.05) is 0 Å². The van der Waals surface area contributed by atoms with Crippen molar-refractivity contribution in [3.8, 4) is 22.9 Å². The van der Waals surface area contributed by atoms with Gasteiger partial charge in [-0.15, -0.1) is 0 Å². The predicted molar refractivity (Wildman–Crippen MR) is 230 cm³/mol. The largest absolute Gasteiger partial charge is 0.456 e. The van der Waals surface area contributed by atoms with E-state index >= 15 is 0 Å². The number of rotatable bonds is 4. The lowest BCUT2D eigenvalue weighted by Crippen LogP contribution is -1.95. The van der Waals surface area contributed by atoms with Gasteiger partial charge in [-0.05, 0) is 84.9 Å². The zero-order chi connectivity index (χ0) is 36.4. The van der Waals surface area contributed by atoms with Crippen LogP contribution in [-0.2, 0) is 14.1 Å². The molecule has 0 unspecified atom stereocenters. The standard InChI is InChI=1S/C50H34N4O/c1-51-39-17-7-3-13-33(39)37-29-31(25-27-41(37)51)53-43-19-9-5-15-35(43)49-45(53)21-11-23-47(49)55-48-24-12-22-46-50(48)36-16-6-10-20-44(36)54(46)32-26-28-42-38(30-32)34-14-4-8-18-40(34)52(42)2/h3-30H,1-2H3. The van der Waals surface area contributed by atoms with E-state index in [2.05, 4.69) is 202 Å². The summed E-state index contributed by atoms with van der Waals surface area (Å²) in [6.45, 7) is 0. The second-order valence-electron chi connectivity index (χ2n) is 14.7. The summed E-state index contributed by atoms with van der Waals surface area (Å²) in [5.74, 6) is 1.67. The number of aromatic nitrogens is 4. The highest BCUT2D eigenvalue weighted by Gasteiger charge is 2.21. The number of benzene rings is 8. The Morgan fingerprint density at radius 1 is 0.309 bits per heavy atom. The zero-order valence-electron chi connectivity index (χ0n) is 30.4. The van der Waals surface area contributed by atoms with E-state index in [9.17, 15) is 0 Å². The first-order valence-electron chi connectivity index (χ1n) is 18.8. The molecule has 12 aromatic rings. The summed E-state index contributed by atoms with van der Waals surface area (Å²) in [6.07, 6.45) is 0. The molecule has 4 aromatic heterocycles. The van der Waals surface area contributed by atoms with Crippen LogP contribution >= 0.6 is 0 Å². The Morgan fingerprint density at radius 3 is 1.13 bits per heavy atom. The van der Waals surface area contributed by atoms with Gasteiger partial charge in [0.1, 0.15) is 11.5 Å². The van der Waals surface area contributed by atoms with Crippen LogP contribution in [-0.4, -0.2) is 18.3 Å². The van der Waals surface area contributed by atoms with Gasteiger partial charge in [0.25, 0.3) is 0 Å². The molecule has 12 rings (SSSR count). The fourth-order valence-corrected chi connectivity index (χ4v) is 9.41. The molecule has 0 radical (unpaired) electrons. The number of hydrogen-bond acceptors (Lipinski definition) is 1. The van der Waals surface area contributed by atoms with Crippen LogP contribution in [0.4, 0.5) is 0 Å². The van der Waals surface area contributed by atoms with Crippen LogP contribution < -0.4 is 4.74 Å². The molecule has 0 saturated carbocycles. The number of para-hydroxylation sites is 4. The Balaban J connectivity index is 1.06. The Hall–Kier alpha value is -7.24. The fraction of sp³-hybridized carbons (Fsp3) is 0.0400. The predicted octanol–water partition coefficient (Wildman–Crippen LogP) is 13.0. The van der Waals surface area contributed by atoms with Crippen LogP contribution in [0.25, 0.3) is 98.6 Å². The molecule has 0 bridgehead atoms. The van der Waals surface area contributed by atoms with E-state index in [4.69, 9.17) is 4.74 Å². The average Bonchev–Trinajstić information content (AvgIpc) is 3.93. The summed E-state index contributed by atoms with van der Waals surface area (Å²) in [6, 6.07) is 61.2. The van der Waals surface area contributed by atoms with Crippen molar-refractivity contribution in [2.24, 2.45) is 14.1 Å². The molecule has 0 saturated heterocycles. The van der Waals surface area contributed by atoms with Gasteiger partial charge in [-0.2, -0.15) is 0 Å². The second-order valence-corrected chi connectivity index (χ2v) is 14.7. The van der Waals surface area contributed by atoms with Crippen molar-refractivity contribution >= 4 is 87.2 Å². The lowest BCUT2D eigenvalue weighted by molar-refractivity contribution is 0.495. The maximum atomic E-state index is 7.15. The lowest BCUT2D eigenvalue weighted by atomic mass is 10.1. The van der Waals surface area contributed by atoms with Crippen molar-refractivity contribution in [2.45, 2.75) is 0 Å². The maximum Gasteiger partial charge on any atom is 0.137 e. The highest BCUT2D eigenvalue weighted by molar-refractivity contribution is 6.16. The average molecular weight is 707 g/mol. The van der Waals surface area contributed by atoms with Gasteiger partial charge in [0.2, 0.25) is 0 Å². The summed E-state index contributed by atoms with van der Waals surface area (Å²) in [5, 5.41) is 9.52. The van der Waals surface area contributed by atoms with Crippen LogP contribution in [0.2, 0.25) is 0 Å². The number of ether oxygens (including phenoxy) is 1. The number of aryl methyl sites for hydroxylation is 2. The highest BCUT2D eigenvalue weighted by atomic mass is 16.5. The van der Waals surface area contributed by atoms with E-state index in [-0.39, 0.29) is 0 Å². The minimum Gasteiger partial charge on any atom is -0.456 e. The topological polar surface area (TPSA) is 28.9 Å². The molecule has 0 amide bonds. The van der Waals surface area contributed by atoms with E-state index in [1.807, 2.05) is 0 Å². The molecule has 0 aliphatic heterocycles. The molecule has 0 atom stereocenters. The quantitative estimate of drug-likeness (QED) is 0.179. The molecule has 0 fully saturated rings. The molecule has 5 heteroatoms. The molecule has 5 nitrogen and oxygen atoms in total. The zero-order valence-corrected chi connectivity index (χ0v) is 30.4. The van der Waals surface area contributed by atoms with Crippen molar-refractivity contribution in [1.29, 1.82) is 0 Å². The summed E-state index contributed by atoms with van der Waals surface area (Å²) in [5.41, 5.74) is 11.7. The first-order valence-corrected chi connectivity index (χ1v) is 18.8. The smallest absolute Gasteiger partial charge is 0.137 e. The summed E-state index contributed by atoms with van der Waals surface area (Å²) >= 11 is 0. The van der Waals surface area contributed by atoms with Gasteiger partial charge in [-0.1, -0.05) is 84.9 Å². The van der Waals surface area contributed by atoms with E-state index in [0.717, 1.165) is 66.5 Å². The van der Waals surface area contributed by atoms with Crippen molar-refractivity contribution in [3.05, 3.63) is 170 Å². The molecule has 55 heavy (non-hydrogen) atoms. The molecule has 0 aliphatic carbocycles. The molecule has 4 heterocycles. The van der Waals surface area contributed by atoms with Gasteiger partial charge in [-0.3, -0.25) is 0 Å². The van der Waals surface area contributed by atoms with E-state index in [1.54, 1.807) is 0 Å². The minimum absolute atomic E-state index is 0.834. The van der Waals surface area contributed by atoms with Crippen molar-refractivity contribution in [3.63, 3.8) is 0 Å². The highest BCUT2D eigenvalue weighted by Crippen LogP contribution is 2.44. The number of nitrogens with zero attached hydrogens (tertiary/aromatic N) is 4. The summed E-state index contributed by atoms with van der Waals surface area (Å²) in [7, 11) is 4.30. The van der Waals surface area contributed by atoms with Gasteiger partial charge in [0, 0.05) is 79.9 Å². The Bertz CT molecular complexity index is 3320. The molecule has 0 aliphatic rings. The maximum absolute atomic E-state index is 7.15. The van der Waals surface area contributed by atoms with Gasteiger partial charge >= 0.3 is 0 Å². The minimum atomic E-state index is 0.834. The van der Waals surface area contributed by atoms with E-state index in [0.29, 0.717) is 0 Å². The third-order valence-corrected chi connectivity index (χ3v) is 11.8. The van der Waals surface area contributed by atoms with E-state index in [1.165, 1.54) is 43.6 Å². The van der Waals surface area contributed by atoms with Crippen molar-refractivity contribution < 1.29 is 4.74 Å². The fourth-order valence-electron chi connectivity index (χ4n) is 9.41. The van der Waals surface area contributed by atoms with Crippen LogP contribution in [0.5, 0.6) is 11.5 Å². The first kappa shape index (κ1) is 30.2. The third kappa shape index (κ3) is 4.12. The van der Waals surface area contributed by atoms with Gasteiger partial charge in [-0.25, -0.2) is 0 Å². The lowest BCUT2D eigenvalue weighted by Gasteiger charge is -2.12. The second kappa shape index (κ2) is 11.1. The monoisotopic (exact) mass is 706 g/mol. The van der Waals surface area contributed by atoms with Crippen LogP contribution in [0.3, 0.4) is 0 Å². The van der Waals surface area contributed by atoms with Crippen LogP contribution in [0.1, 0.15) is 0 Å². The summed E-state index contributed by atoms with van der Waals surface area (Å²) < 4.78 is 16.5. The Kier molecular flexibility index (Phi) is 6.12. The molecule has 260 valence electrons. The van der Waals surface area contributed by atoms with E-state index < -0.39 is 0 Å². The van der Waals surface area contributed by atoms with Crippen molar-refractivity contribution in [1.82, 2.24) is 18.3 Å². The van der Waals surface area contributed by atoms with Gasteiger partial charge in [0.05, 0.1) is 32.8 Å². The molecule has 0 N–H and O–H groups in total. The Labute approximate surface area is 316 Å². The molecular formula is C50H34N4O. The number of hydrogen-bond donors (Lipinski definition) is 0. The van der Waals surface area contributed by atoms with Crippen LogP contribution in [0.15, 0.2) is 170 Å². The third-order valence-electron chi connectivity index (χ3n) is 11.8. The number of fused-ring (bicyclic) bond motifs is 12. The first-order chi connectivity index (χ1) is 27.1. The van der Waals surface area contributed by atoms with Crippen LogP contribution in [0, 0.1) is 0 Å². The molecule has 8 aromatic carbocycles. The molecule has 0 spiro atoms. The normalized spacial score (nSPS) is 12.2. The SMILES string of the molecule is Cn1c2ccccc2c2cc(-n3c4ccccc4c4c(Oc5cccc6c5c5ccccc5n6-c5ccc6c(c5)c5ccccc5n6C)cccc43)ccc21. The summed E-state index contributed by atoms with van der Waals surface area (Å²) in [4.78, 5) is 0. The molecular weight excluding hydrogens is 673 g/mol. The van der Waals surface area contributed by atoms with Gasteiger partial charge in [0.15, 0.2) is 0 Å². The Morgan fingerprint density at radius 2 is 0.673 bits per heavy atom.